The highest BCUT2D eigenvalue weighted by Gasteiger charge is 2.22. The number of ketones is 1. The fourth-order valence-corrected chi connectivity index (χ4v) is 1.20. The fourth-order valence-electron chi connectivity index (χ4n) is 1.20. The summed E-state index contributed by atoms with van der Waals surface area (Å²) in [5, 5.41) is 0. The van der Waals surface area contributed by atoms with E-state index in [1.165, 1.54) is 0 Å². The van der Waals surface area contributed by atoms with Crippen molar-refractivity contribution in [2.45, 2.75) is 53.1 Å². The normalized spacial score (nSPS) is 14.6. The maximum absolute atomic E-state index is 11.4. The van der Waals surface area contributed by atoms with E-state index >= 15 is 0 Å². The van der Waals surface area contributed by atoms with Crippen LogP contribution in [-0.4, -0.2) is 17.9 Å². The maximum Gasteiger partial charge on any atom is 0.316 e. The van der Waals surface area contributed by atoms with Crippen molar-refractivity contribution in [1.29, 1.82) is 0 Å². The zero-order valence-electron chi connectivity index (χ0n) is 9.50. The van der Waals surface area contributed by atoms with Gasteiger partial charge in [-0.15, -0.1) is 0 Å². The Morgan fingerprint density at radius 1 is 1.21 bits per heavy atom. The summed E-state index contributed by atoms with van der Waals surface area (Å²) in [5.41, 5.74) is 0. The van der Waals surface area contributed by atoms with E-state index in [4.69, 9.17) is 4.74 Å². The minimum Gasteiger partial charge on any atom is -0.462 e. The summed E-state index contributed by atoms with van der Waals surface area (Å²) in [6, 6.07) is 0. The lowest BCUT2D eigenvalue weighted by Crippen LogP contribution is -2.26. The van der Waals surface area contributed by atoms with Gasteiger partial charge in [-0.2, -0.15) is 0 Å². The van der Waals surface area contributed by atoms with Gasteiger partial charge in [0.15, 0.2) is 0 Å². The molecule has 0 heterocycles. The van der Waals surface area contributed by atoms with Gasteiger partial charge in [0.25, 0.3) is 0 Å². The third kappa shape index (κ3) is 4.40. The molecule has 0 aliphatic rings. The number of esters is 1. The molecule has 0 aliphatic heterocycles. The summed E-state index contributed by atoms with van der Waals surface area (Å²) in [7, 11) is 0. The van der Waals surface area contributed by atoms with Gasteiger partial charge in [-0.1, -0.05) is 20.3 Å². The smallest absolute Gasteiger partial charge is 0.316 e. The second-order valence-electron chi connectivity index (χ2n) is 3.58. The summed E-state index contributed by atoms with van der Waals surface area (Å²) in [5.74, 6) is -1.06. The van der Waals surface area contributed by atoms with Crippen LogP contribution in [0.3, 0.4) is 0 Å². The number of Topliss-reactive ketones (excluding diaryl/α,β-unsaturated/α-hetero) is 1. The van der Waals surface area contributed by atoms with Gasteiger partial charge >= 0.3 is 5.97 Å². The van der Waals surface area contributed by atoms with E-state index < -0.39 is 11.9 Å². The molecule has 14 heavy (non-hydrogen) atoms. The Labute approximate surface area is 85.8 Å². The van der Waals surface area contributed by atoms with Gasteiger partial charge in [0.2, 0.25) is 0 Å². The molecule has 0 aromatic rings. The number of carbonyl (C=O) groups is 2. The molecule has 2 unspecified atom stereocenters. The second-order valence-corrected chi connectivity index (χ2v) is 3.58. The first-order valence-corrected chi connectivity index (χ1v) is 5.26. The van der Waals surface area contributed by atoms with Crippen molar-refractivity contribution in [3.05, 3.63) is 0 Å². The second kappa shape index (κ2) is 6.57. The summed E-state index contributed by atoms with van der Waals surface area (Å²) in [6.07, 6.45) is 2.13. The van der Waals surface area contributed by atoms with E-state index in [0.29, 0.717) is 6.42 Å². The minimum absolute atomic E-state index is 0.0568. The molecule has 0 saturated carbocycles. The van der Waals surface area contributed by atoms with Gasteiger partial charge in [-0.25, -0.2) is 0 Å². The van der Waals surface area contributed by atoms with Gasteiger partial charge in [0.1, 0.15) is 11.7 Å². The van der Waals surface area contributed by atoms with Gasteiger partial charge in [0.05, 0.1) is 6.10 Å². The molecule has 0 saturated heterocycles. The van der Waals surface area contributed by atoms with E-state index in [9.17, 15) is 9.59 Å². The van der Waals surface area contributed by atoms with Crippen molar-refractivity contribution in [3.8, 4) is 0 Å². The molecule has 0 N–H and O–H groups in total. The van der Waals surface area contributed by atoms with E-state index in [2.05, 4.69) is 0 Å². The van der Waals surface area contributed by atoms with E-state index in [-0.39, 0.29) is 11.9 Å². The molecule has 0 aromatic carbocycles. The Morgan fingerprint density at radius 3 is 2.21 bits per heavy atom. The Balaban J connectivity index is 4.01. The molecule has 82 valence electrons. The average molecular weight is 200 g/mol. The van der Waals surface area contributed by atoms with E-state index in [1.807, 2.05) is 13.8 Å². The van der Waals surface area contributed by atoms with Gasteiger partial charge in [0, 0.05) is 6.42 Å². The lowest BCUT2D eigenvalue weighted by atomic mass is 10.1. The molecule has 0 rings (SSSR count). The van der Waals surface area contributed by atoms with Crippen molar-refractivity contribution in [1.82, 2.24) is 0 Å². The quantitative estimate of drug-likeness (QED) is 0.488. The zero-order valence-corrected chi connectivity index (χ0v) is 9.50. The molecular formula is C11H20O3. The van der Waals surface area contributed by atoms with Gasteiger partial charge < -0.3 is 4.74 Å². The topological polar surface area (TPSA) is 43.4 Å². The first-order chi connectivity index (χ1) is 6.52. The molecular weight excluding hydrogens is 180 g/mol. The van der Waals surface area contributed by atoms with Crippen LogP contribution in [0.15, 0.2) is 0 Å². The molecule has 3 nitrogen and oxygen atoms in total. The van der Waals surface area contributed by atoms with Crippen LogP contribution >= 0.6 is 0 Å². The highest BCUT2D eigenvalue weighted by Crippen LogP contribution is 2.08. The standard InChI is InChI=1S/C11H20O3/c1-5-7-8(3)14-11(13)9(4)10(12)6-2/h8-9H,5-7H2,1-4H3. The summed E-state index contributed by atoms with van der Waals surface area (Å²) in [6.45, 7) is 7.24. The van der Waals surface area contributed by atoms with Crippen LogP contribution in [0.25, 0.3) is 0 Å². The Morgan fingerprint density at radius 2 is 1.79 bits per heavy atom. The molecule has 0 aliphatic carbocycles. The van der Waals surface area contributed by atoms with Gasteiger partial charge in [-0.3, -0.25) is 9.59 Å². The van der Waals surface area contributed by atoms with E-state index in [1.54, 1.807) is 13.8 Å². The largest absolute Gasteiger partial charge is 0.462 e. The van der Waals surface area contributed by atoms with Crippen molar-refractivity contribution in [2.75, 3.05) is 0 Å². The number of hydrogen-bond acceptors (Lipinski definition) is 3. The molecule has 3 heteroatoms. The maximum atomic E-state index is 11.4. The number of carbonyl (C=O) groups excluding carboxylic acids is 2. The molecule has 0 aromatic heterocycles. The van der Waals surface area contributed by atoms with Crippen LogP contribution in [0.5, 0.6) is 0 Å². The third-order valence-electron chi connectivity index (χ3n) is 2.20. The molecule has 0 radical (unpaired) electrons. The summed E-state index contributed by atoms with van der Waals surface area (Å²) < 4.78 is 5.12. The van der Waals surface area contributed by atoms with Crippen molar-refractivity contribution in [3.63, 3.8) is 0 Å². The van der Waals surface area contributed by atoms with Crippen molar-refractivity contribution >= 4 is 11.8 Å². The molecule has 0 bridgehead atoms. The average Bonchev–Trinajstić information content (AvgIpc) is 2.15. The predicted molar refractivity (Wildman–Crippen MR) is 54.9 cm³/mol. The first kappa shape index (κ1) is 13.1. The number of ether oxygens (including phenoxy) is 1. The third-order valence-corrected chi connectivity index (χ3v) is 2.20. The highest BCUT2D eigenvalue weighted by atomic mass is 16.5. The number of rotatable bonds is 6. The summed E-state index contributed by atoms with van der Waals surface area (Å²) in [4.78, 5) is 22.6. The first-order valence-electron chi connectivity index (χ1n) is 5.26. The van der Waals surface area contributed by atoms with Crippen LogP contribution < -0.4 is 0 Å². The van der Waals surface area contributed by atoms with Crippen LogP contribution in [0.1, 0.15) is 47.0 Å². The lowest BCUT2D eigenvalue weighted by Gasteiger charge is -2.15. The van der Waals surface area contributed by atoms with Crippen molar-refractivity contribution in [2.24, 2.45) is 5.92 Å². The Hall–Kier alpha value is -0.860. The highest BCUT2D eigenvalue weighted by molar-refractivity contribution is 5.98. The monoisotopic (exact) mass is 200 g/mol. The fraction of sp³-hybridized carbons (Fsp3) is 0.818. The van der Waals surface area contributed by atoms with Gasteiger partial charge in [-0.05, 0) is 20.3 Å². The number of hydrogen-bond donors (Lipinski definition) is 0. The Bertz CT molecular complexity index is 199. The van der Waals surface area contributed by atoms with Crippen LogP contribution in [0.4, 0.5) is 0 Å². The van der Waals surface area contributed by atoms with E-state index in [0.717, 1.165) is 12.8 Å². The van der Waals surface area contributed by atoms with Crippen LogP contribution in [-0.2, 0) is 14.3 Å². The minimum atomic E-state index is -0.612. The molecule has 2 atom stereocenters. The SMILES string of the molecule is CCCC(C)OC(=O)C(C)C(=O)CC. The lowest BCUT2D eigenvalue weighted by molar-refractivity contribution is -0.155. The van der Waals surface area contributed by atoms with Crippen LogP contribution in [0, 0.1) is 5.92 Å². The molecule has 0 fully saturated rings. The molecule has 0 amide bonds. The Kier molecular flexibility index (Phi) is 6.17. The zero-order chi connectivity index (χ0) is 11.1. The molecule has 0 spiro atoms. The van der Waals surface area contributed by atoms with Crippen molar-refractivity contribution < 1.29 is 14.3 Å². The predicted octanol–water partition coefficient (Wildman–Crippen LogP) is 2.33. The van der Waals surface area contributed by atoms with Crippen LogP contribution in [0.2, 0.25) is 0 Å². The summed E-state index contributed by atoms with van der Waals surface area (Å²) >= 11 is 0.